The fourth-order valence-electron chi connectivity index (χ4n) is 4.36. The van der Waals surface area contributed by atoms with Gasteiger partial charge in [0.1, 0.15) is 30.6 Å². The number of aliphatic carboxylic acids is 1. The largest absolute Gasteiger partial charge is 0.778 e. The minimum absolute atomic E-state index is 0.0104. The second-order valence-electron chi connectivity index (χ2n) is 13.1. The van der Waals surface area contributed by atoms with Crippen LogP contribution in [0.3, 0.4) is 0 Å². The van der Waals surface area contributed by atoms with Crippen LogP contribution in [0.25, 0.3) is 5.69 Å². The summed E-state index contributed by atoms with van der Waals surface area (Å²) in [6.07, 6.45) is 1.96. The third-order valence-electron chi connectivity index (χ3n) is 6.80. The van der Waals surface area contributed by atoms with E-state index in [9.17, 15) is 60.2 Å². The molecule has 0 fully saturated rings. The number of pyridine rings is 1. The van der Waals surface area contributed by atoms with E-state index >= 15 is 0 Å². The van der Waals surface area contributed by atoms with Gasteiger partial charge in [0.25, 0.3) is 5.56 Å². The number of nitrogens with one attached hydrogen (secondary N) is 3. The highest BCUT2D eigenvalue weighted by Gasteiger charge is 2.35. The summed E-state index contributed by atoms with van der Waals surface area (Å²) in [5, 5.41) is 25.0. The highest BCUT2D eigenvalue weighted by molar-refractivity contribution is 7.94. The molecule has 4 rings (SSSR count). The Bertz CT molecular complexity index is 2480. The quantitative estimate of drug-likeness (QED) is 0.0309. The molecular weight excluding hydrogens is 928 g/mol. The molecule has 0 aliphatic rings. The van der Waals surface area contributed by atoms with E-state index < -0.39 is 85.2 Å². The number of benzene rings is 2. The predicted octanol–water partition coefficient (Wildman–Crippen LogP) is 4.04. The van der Waals surface area contributed by atoms with Crippen molar-refractivity contribution in [3.8, 4) is 5.69 Å². The number of urea groups is 1. The Morgan fingerprint density at radius 1 is 1.00 bits per heavy atom. The average molecular weight is 970 g/mol. The summed E-state index contributed by atoms with van der Waals surface area (Å²) >= 11 is 5.94. The van der Waals surface area contributed by atoms with Crippen LogP contribution in [0.4, 0.5) is 32.4 Å². The Balaban J connectivity index is 0.000000497. The van der Waals surface area contributed by atoms with Gasteiger partial charge in [0, 0.05) is 31.1 Å². The number of alkyl halides is 3. The molecule has 0 aliphatic carbocycles. The van der Waals surface area contributed by atoms with Crippen molar-refractivity contribution in [1.29, 1.82) is 0 Å². The molecule has 0 saturated carbocycles. The van der Waals surface area contributed by atoms with Gasteiger partial charge in [-0.15, -0.1) is 0 Å². The van der Waals surface area contributed by atoms with Crippen molar-refractivity contribution in [2.45, 2.75) is 33.1 Å². The molecule has 0 radical (unpaired) electrons. The molecule has 1 atom stereocenters. The van der Waals surface area contributed by atoms with Crippen LogP contribution in [0.2, 0.25) is 5.02 Å². The third kappa shape index (κ3) is 20.0. The second kappa shape index (κ2) is 25.3. The van der Waals surface area contributed by atoms with Gasteiger partial charge in [-0.1, -0.05) is 11.6 Å². The first-order chi connectivity index (χ1) is 29.4. The minimum Gasteiger partial charge on any atom is -0.778 e. The summed E-state index contributed by atoms with van der Waals surface area (Å²) < 4.78 is 80.5. The molecule has 0 saturated heterocycles. The van der Waals surface area contributed by atoms with Crippen molar-refractivity contribution in [1.82, 2.24) is 24.9 Å². The standard InChI is InChI=1S/C16H14ClF3N2O4.C15H12F2N4O3.C3H8NO5P.C3H9S/c1-8(2)26-14(24)10-6-9(4-5-11(10)17)22-13(23)7-12(16(18,19)20)21(3)15(22)25;1-8(13-12(14(22)23)3-2-4-18-13)20-21-15(24)19-11-6-9(16)5-10(17)7-11;5-3(6)1-4-2-10(7,8)9;1-4(2)3/h4-8H,1-3H3;2-7H,1H3,(H,22,23)(H2,19,21,24);4H,1-2H2,(H,5,6)(H2,7,8,9);1-3H3/q;;;+1/p-1/b;20-8+;;. The van der Waals surface area contributed by atoms with Gasteiger partial charge >= 0.3 is 35.8 Å². The molecule has 2 aromatic heterocycles. The summed E-state index contributed by atoms with van der Waals surface area (Å²) in [5.41, 5.74) is -1.85. The number of ether oxygens (including phenoxy) is 1. The number of carboxylic acid groups (broad SMARTS) is 2. The van der Waals surface area contributed by atoms with Crippen LogP contribution >= 0.6 is 19.2 Å². The van der Waals surface area contributed by atoms with Crippen molar-refractivity contribution in [2.24, 2.45) is 12.1 Å². The number of aromatic nitrogens is 3. The molecule has 6 N–H and O–H groups in total. The summed E-state index contributed by atoms with van der Waals surface area (Å²) in [6, 6.07) is 8.39. The normalized spacial score (nSPS) is 12.0. The molecule has 19 nitrogen and oxygen atoms in total. The van der Waals surface area contributed by atoms with E-state index in [0.717, 1.165) is 25.2 Å². The number of esters is 1. The smallest absolute Gasteiger partial charge is 0.431 e. The van der Waals surface area contributed by atoms with Crippen molar-refractivity contribution < 1.29 is 70.4 Å². The van der Waals surface area contributed by atoms with E-state index in [1.54, 1.807) is 13.8 Å². The van der Waals surface area contributed by atoms with E-state index in [0.29, 0.717) is 32.2 Å². The zero-order valence-electron chi connectivity index (χ0n) is 34.7. The van der Waals surface area contributed by atoms with Gasteiger partial charge in [0.05, 0.1) is 65.3 Å². The van der Waals surface area contributed by atoms with Crippen LogP contribution in [0.5, 0.6) is 0 Å². The number of carbonyl (C=O) groups excluding carboxylic acids is 2. The monoisotopic (exact) mass is 969 g/mol. The first kappa shape index (κ1) is 56.0. The van der Waals surface area contributed by atoms with E-state index in [4.69, 9.17) is 31.4 Å². The average Bonchev–Trinajstić information content (AvgIpc) is 3.14. The molecular formula is C37H42ClF5N7O12PS. The lowest BCUT2D eigenvalue weighted by molar-refractivity contribution is -0.193. The number of carboxylic acids is 2. The molecule has 350 valence electrons. The van der Waals surface area contributed by atoms with Gasteiger partial charge in [-0.25, -0.2) is 38.0 Å². The third-order valence-corrected chi connectivity index (χ3v) is 7.75. The van der Waals surface area contributed by atoms with Gasteiger partial charge in [0.15, 0.2) is 0 Å². The molecule has 0 spiro atoms. The van der Waals surface area contributed by atoms with Crippen LogP contribution in [-0.4, -0.2) is 96.6 Å². The number of rotatable bonds is 11. The summed E-state index contributed by atoms with van der Waals surface area (Å²) in [5.74, 6) is -4.83. The number of halogens is 6. The lowest BCUT2D eigenvalue weighted by Gasteiger charge is -2.15. The van der Waals surface area contributed by atoms with E-state index in [1.165, 1.54) is 37.4 Å². The number of amides is 2. The molecule has 2 aromatic carbocycles. The number of aromatic carboxylic acids is 1. The Morgan fingerprint density at radius 3 is 2.08 bits per heavy atom. The summed E-state index contributed by atoms with van der Waals surface area (Å²) in [6.45, 7) is 4.21. The van der Waals surface area contributed by atoms with E-state index in [2.05, 4.69) is 39.6 Å². The number of carbonyl (C=O) groups is 4. The molecule has 2 heterocycles. The number of hydrazone groups is 1. The maximum atomic E-state index is 13.0. The Morgan fingerprint density at radius 2 is 1.58 bits per heavy atom. The van der Waals surface area contributed by atoms with Crippen molar-refractivity contribution in [2.75, 3.05) is 36.9 Å². The van der Waals surface area contributed by atoms with Crippen LogP contribution in [0.1, 0.15) is 52.9 Å². The summed E-state index contributed by atoms with van der Waals surface area (Å²) in [4.78, 5) is 90.9. The van der Waals surface area contributed by atoms with Gasteiger partial charge < -0.3 is 34.6 Å². The molecule has 2 amide bonds. The van der Waals surface area contributed by atoms with Gasteiger partial charge in [-0.3, -0.25) is 24.5 Å². The molecule has 1 unspecified atom stereocenters. The second-order valence-corrected chi connectivity index (χ2v) is 17.6. The maximum absolute atomic E-state index is 13.0. The predicted molar refractivity (Wildman–Crippen MR) is 225 cm³/mol. The van der Waals surface area contributed by atoms with Crippen molar-refractivity contribution in [3.05, 3.63) is 121 Å². The van der Waals surface area contributed by atoms with E-state index in [1.807, 2.05) is 5.32 Å². The van der Waals surface area contributed by atoms with Gasteiger partial charge in [0.2, 0.25) is 0 Å². The van der Waals surface area contributed by atoms with Crippen molar-refractivity contribution in [3.63, 3.8) is 0 Å². The summed E-state index contributed by atoms with van der Waals surface area (Å²) in [7, 11) is -2.81. The minimum atomic E-state index is -4.86. The SMILES string of the molecule is C/C(=N\NC(=O)Nc1cc(F)cc(F)c1)c1ncccc1C(=O)O.CC(C)OC(=O)c1cc(-n2c(=O)cc(C(F)(F)F)n(C)c2=O)ccc1Cl.C[S+](C)C.O=C(O)CNCP(=O)([O-])O. The zero-order chi connectivity index (χ0) is 49.3. The number of hydrogen-bond acceptors (Lipinski definition) is 12. The molecule has 27 heteroatoms. The van der Waals surface area contributed by atoms with E-state index in [-0.39, 0.29) is 38.9 Å². The van der Waals surface area contributed by atoms with Crippen molar-refractivity contribution >= 4 is 65.4 Å². The highest BCUT2D eigenvalue weighted by Crippen LogP contribution is 2.27. The lowest BCUT2D eigenvalue weighted by atomic mass is 10.1. The number of nitrogens with zero attached hydrogens (tertiary/aromatic N) is 4. The number of anilines is 1. The highest BCUT2D eigenvalue weighted by atomic mass is 35.5. The first-order valence-electron chi connectivity index (χ1n) is 17.6. The maximum Gasteiger partial charge on any atom is 0.431 e. The molecule has 4 aromatic rings. The molecule has 64 heavy (non-hydrogen) atoms. The first-order valence-corrected chi connectivity index (χ1v) is 22.2. The zero-order valence-corrected chi connectivity index (χ0v) is 37.2. The van der Waals surface area contributed by atoms with Crippen LogP contribution < -0.4 is 32.2 Å². The van der Waals surface area contributed by atoms with Crippen LogP contribution in [0, 0.1) is 11.6 Å². The fourth-order valence-corrected chi connectivity index (χ4v) is 4.95. The van der Waals surface area contributed by atoms with Crippen LogP contribution in [0.15, 0.2) is 75.5 Å². The Kier molecular flexibility index (Phi) is 22.2. The fraction of sp³-hybridized carbons (Fsp3) is 0.297. The van der Waals surface area contributed by atoms with Gasteiger partial charge in [-0.05, 0) is 74.1 Å². The molecule has 0 bridgehead atoms. The number of hydrogen-bond donors (Lipinski definition) is 6. The van der Waals surface area contributed by atoms with Crippen LogP contribution in [-0.2, 0) is 38.2 Å². The Hall–Kier alpha value is -5.98. The Labute approximate surface area is 368 Å². The topological polar surface area (TPSA) is 284 Å². The molecule has 0 aliphatic heterocycles. The van der Waals surface area contributed by atoms with Gasteiger partial charge in [-0.2, -0.15) is 18.3 Å². The lowest BCUT2D eigenvalue weighted by Crippen LogP contribution is -2.40.